The van der Waals surface area contributed by atoms with Gasteiger partial charge in [0.05, 0.1) is 17.1 Å². The molecule has 3 aromatic carbocycles. The topological polar surface area (TPSA) is 81.5 Å². The van der Waals surface area contributed by atoms with E-state index in [1.54, 1.807) is 24.3 Å². The lowest BCUT2D eigenvalue weighted by atomic mass is 10.1. The van der Waals surface area contributed by atoms with Crippen molar-refractivity contribution >= 4 is 17.3 Å². The summed E-state index contributed by atoms with van der Waals surface area (Å²) in [6.45, 7) is 0.450. The van der Waals surface area contributed by atoms with Crippen molar-refractivity contribution in [3.05, 3.63) is 100 Å². The van der Waals surface area contributed by atoms with Crippen LogP contribution in [0.1, 0.15) is 15.9 Å². The molecule has 27 heavy (non-hydrogen) atoms. The number of amides is 1. The molecule has 0 aliphatic heterocycles. The number of carbonyl (C=O) groups excluding carboxylic acids is 1. The van der Waals surface area contributed by atoms with E-state index in [1.165, 1.54) is 24.3 Å². The minimum absolute atomic E-state index is 0.0300. The van der Waals surface area contributed by atoms with Crippen molar-refractivity contribution in [1.82, 2.24) is 0 Å². The fraction of sp³-hybridized carbons (Fsp3) is 0.0952. The second kappa shape index (κ2) is 8.62. The molecule has 0 spiro atoms. The number of carbonyl (C=O) groups is 1. The van der Waals surface area contributed by atoms with Crippen LogP contribution in [0.15, 0.2) is 78.9 Å². The van der Waals surface area contributed by atoms with E-state index in [2.05, 4.69) is 5.32 Å². The minimum Gasteiger partial charge on any atom is -0.492 e. The fourth-order valence-electron chi connectivity index (χ4n) is 2.57. The SMILES string of the molecule is O=C(Nc1ccc([N+](=O)[O-])cc1)c1ccccc1OCCc1ccccc1. The molecule has 0 unspecified atom stereocenters. The highest BCUT2D eigenvalue weighted by atomic mass is 16.6. The van der Waals surface area contributed by atoms with Crippen LogP contribution in [-0.4, -0.2) is 17.4 Å². The lowest BCUT2D eigenvalue weighted by Crippen LogP contribution is -2.14. The van der Waals surface area contributed by atoms with E-state index >= 15 is 0 Å². The predicted octanol–water partition coefficient (Wildman–Crippen LogP) is 4.47. The lowest BCUT2D eigenvalue weighted by Gasteiger charge is -2.12. The molecule has 136 valence electrons. The van der Waals surface area contributed by atoms with E-state index < -0.39 is 4.92 Å². The summed E-state index contributed by atoms with van der Waals surface area (Å²) in [5.74, 6) is 0.159. The van der Waals surface area contributed by atoms with Gasteiger partial charge in [-0.05, 0) is 29.8 Å². The Morgan fingerprint density at radius 2 is 1.59 bits per heavy atom. The number of anilines is 1. The van der Waals surface area contributed by atoms with E-state index in [4.69, 9.17) is 4.74 Å². The van der Waals surface area contributed by atoms with Crippen LogP contribution in [-0.2, 0) is 6.42 Å². The summed E-state index contributed by atoms with van der Waals surface area (Å²) in [5, 5.41) is 13.4. The number of nitrogens with zero attached hydrogens (tertiary/aromatic N) is 1. The first-order chi connectivity index (χ1) is 13.1. The zero-order valence-corrected chi connectivity index (χ0v) is 14.5. The number of para-hydroxylation sites is 1. The molecule has 0 fully saturated rings. The molecule has 1 amide bonds. The molecule has 0 bridgehead atoms. The molecular formula is C21H18N2O4. The normalized spacial score (nSPS) is 10.2. The van der Waals surface area contributed by atoms with Gasteiger partial charge in [0.1, 0.15) is 5.75 Å². The lowest BCUT2D eigenvalue weighted by molar-refractivity contribution is -0.384. The van der Waals surface area contributed by atoms with E-state index in [0.717, 1.165) is 12.0 Å². The van der Waals surface area contributed by atoms with E-state index in [9.17, 15) is 14.9 Å². The van der Waals surface area contributed by atoms with Crippen molar-refractivity contribution < 1.29 is 14.5 Å². The van der Waals surface area contributed by atoms with Crippen molar-refractivity contribution in [2.45, 2.75) is 6.42 Å². The van der Waals surface area contributed by atoms with Gasteiger partial charge in [-0.1, -0.05) is 42.5 Å². The average Bonchev–Trinajstić information content (AvgIpc) is 2.69. The molecule has 0 atom stereocenters. The van der Waals surface area contributed by atoms with Crippen LogP contribution < -0.4 is 10.1 Å². The highest BCUT2D eigenvalue weighted by Gasteiger charge is 2.13. The van der Waals surface area contributed by atoms with Gasteiger partial charge in [-0.2, -0.15) is 0 Å². The monoisotopic (exact) mass is 362 g/mol. The Balaban J connectivity index is 1.65. The van der Waals surface area contributed by atoms with Crippen molar-refractivity contribution in [3.8, 4) is 5.75 Å². The maximum Gasteiger partial charge on any atom is 0.269 e. The first kappa shape index (κ1) is 18.1. The number of nitro benzene ring substituents is 1. The highest BCUT2D eigenvalue weighted by Crippen LogP contribution is 2.21. The van der Waals surface area contributed by atoms with Crippen molar-refractivity contribution in [2.24, 2.45) is 0 Å². The Morgan fingerprint density at radius 3 is 2.30 bits per heavy atom. The zero-order chi connectivity index (χ0) is 19.1. The van der Waals surface area contributed by atoms with Gasteiger partial charge in [0.25, 0.3) is 11.6 Å². The largest absolute Gasteiger partial charge is 0.492 e. The Hall–Kier alpha value is -3.67. The van der Waals surface area contributed by atoms with Crippen LogP contribution in [0.2, 0.25) is 0 Å². The maximum atomic E-state index is 12.6. The summed E-state index contributed by atoms with van der Waals surface area (Å²) in [4.78, 5) is 22.8. The molecule has 0 heterocycles. The molecule has 6 heteroatoms. The number of nitro groups is 1. The standard InChI is InChI=1S/C21H18N2O4/c24-21(22-17-10-12-18(13-11-17)23(25)26)19-8-4-5-9-20(19)27-15-14-16-6-2-1-3-7-16/h1-13H,14-15H2,(H,22,24). The number of non-ortho nitro benzene ring substituents is 1. The predicted molar refractivity (Wildman–Crippen MR) is 103 cm³/mol. The Labute approximate surface area is 156 Å². The molecule has 6 nitrogen and oxygen atoms in total. The van der Waals surface area contributed by atoms with Gasteiger partial charge < -0.3 is 10.1 Å². The number of rotatable bonds is 7. The summed E-state index contributed by atoms with van der Waals surface area (Å²) < 4.78 is 5.80. The molecule has 0 aliphatic carbocycles. The molecule has 0 aromatic heterocycles. The van der Waals surface area contributed by atoms with Gasteiger partial charge in [0.2, 0.25) is 0 Å². The average molecular weight is 362 g/mol. The third kappa shape index (κ3) is 4.92. The summed E-state index contributed by atoms with van der Waals surface area (Å²) >= 11 is 0. The second-order valence-electron chi connectivity index (χ2n) is 5.84. The van der Waals surface area contributed by atoms with Gasteiger partial charge in [0, 0.05) is 24.2 Å². The van der Waals surface area contributed by atoms with E-state index in [-0.39, 0.29) is 11.6 Å². The third-order valence-electron chi connectivity index (χ3n) is 3.96. The van der Waals surface area contributed by atoms with Crippen LogP contribution in [0.4, 0.5) is 11.4 Å². The summed E-state index contributed by atoms with van der Waals surface area (Å²) in [6.07, 6.45) is 0.735. The Bertz CT molecular complexity index is 924. The van der Waals surface area contributed by atoms with Crippen molar-refractivity contribution in [2.75, 3.05) is 11.9 Å². The van der Waals surface area contributed by atoms with E-state index in [0.29, 0.717) is 23.6 Å². The number of nitrogens with one attached hydrogen (secondary N) is 1. The van der Waals surface area contributed by atoms with Crippen molar-refractivity contribution in [1.29, 1.82) is 0 Å². The van der Waals surface area contributed by atoms with Crippen LogP contribution in [0.25, 0.3) is 0 Å². The molecule has 1 N–H and O–H groups in total. The second-order valence-corrected chi connectivity index (χ2v) is 5.84. The van der Waals surface area contributed by atoms with Crippen LogP contribution in [0.3, 0.4) is 0 Å². The van der Waals surface area contributed by atoms with E-state index in [1.807, 2.05) is 30.3 Å². The number of hydrogen-bond acceptors (Lipinski definition) is 4. The fourth-order valence-corrected chi connectivity index (χ4v) is 2.57. The Kier molecular flexibility index (Phi) is 5.79. The van der Waals surface area contributed by atoms with Crippen LogP contribution >= 0.6 is 0 Å². The Morgan fingerprint density at radius 1 is 0.926 bits per heavy atom. The molecule has 0 aliphatic rings. The minimum atomic E-state index is -0.485. The van der Waals surface area contributed by atoms with Gasteiger partial charge in [-0.15, -0.1) is 0 Å². The summed E-state index contributed by atoms with van der Waals surface area (Å²) in [5.41, 5.74) is 2.01. The zero-order valence-electron chi connectivity index (χ0n) is 14.5. The van der Waals surface area contributed by atoms with Crippen LogP contribution in [0, 0.1) is 10.1 Å². The van der Waals surface area contributed by atoms with Gasteiger partial charge in [0.15, 0.2) is 0 Å². The number of benzene rings is 3. The third-order valence-corrected chi connectivity index (χ3v) is 3.96. The van der Waals surface area contributed by atoms with Gasteiger partial charge in [-0.25, -0.2) is 0 Å². The molecular weight excluding hydrogens is 344 g/mol. The highest BCUT2D eigenvalue weighted by molar-refractivity contribution is 6.06. The maximum absolute atomic E-state index is 12.6. The molecule has 3 rings (SSSR count). The van der Waals surface area contributed by atoms with Crippen LogP contribution in [0.5, 0.6) is 5.75 Å². The summed E-state index contributed by atoms with van der Waals surface area (Å²) in [7, 11) is 0. The molecule has 3 aromatic rings. The van der Waals surface area contributed by atoms with Gasteiger partial charge >= 0.3 is 0 Å². The quantitative estimate of drug-likeness (QED) is 0.497. The number of hydrogen-bond donors (Lipinski definition) is 1. The summed E-state index contributed by atoms with van der Waals surface area (Å²) in [6, 6.07) is 22.6. The van der Waals surface area contributed by atoms with Gasteiger partial charge in [-0.3, -0.25) is 14.9 Å². The molecule has 0 saturated heterocycles. The smallest absolute Gasteiger partial charge is 0.269 e. The molecule has 0 saturated carbocycles. The first-order valence-corrected chi connectivity index (χ1v) is 8.45. The van der Waals surface area contributed by atoms with Crippen molar-refractivity contribution in [3.63, 3.8) is 0 Å². The number of ether oxygens (including phenoxy) is 1. The molecule has 0 radical (unpaired) electrons. The first-order valence-electron chi connectivity index (χ1n) is 8.45.